The number of likely N-dealkylation sites (N-methyl/N-ethyl adjacent to an activating group) is 5. The average Bonchev–Trinajstić information content (AvgIpc) is 1.47. The fourth-order valence-electron chi connectivity index (χ4n) is 19.2. The van der Waals surface area contributed by atoms with E-state index in [2.05, 4.69) is 24.9 Å². The van der Waals surface area contributed by atoms with Crippen LogP contribution in [0.15, 0.2) is 212 Å². The van der Waals surface area contributed by atoms with E-state index in [0.717, 1.165) is 35.2 Å². The smallest absolute Gasteiger partial charge is 0.245 e. The SMILES string of the molecule is [2H]C1([2H])Oc2ccc(C3c4[nH]c5ccccc5c4C([2H])([2H])[C@]4([2H])C(=O)N(C)C([2H])([2H])C(=O)N34)cc2O1.[2H]c1c([2H])c(C2c3[nH]c4c([2H])c([2H])c([2H])c([2H])c4c3C([2H])([2H])[C@]3([2H])C(=O)N(C)C([2H])([2H])C(=O)N23)c([2H])c2c1OCO2.[2H]c1c([2H])c(C2c3[nH]c4ccccc4c3C([2H])([2H])[C@]3([2H])C(=O)N(C)C([2H])([2H])C(=O)N23)c([2H])c2c1OCO2.[2H]c1c([2H])c([2H])c2c3c([nH]c2c1[2H])C(c1ccc2c(c1)OC([2H])([2H])O2)N1C(=O)C([2H])([2H])N(C)C(=O)[C@@]1([2H])C3([2H])[2H].[2H]c1c([2H])c([2H])c2c3c([nH]c2c1[2H])C(c1ccc2c(c1)OCO2)N1C(=O)C([2H])([2H])N(C)C(=O)[C@@]1([2H])C3([2H])[2H]. The number of aromatic amines is 5. The van der Waals surface area contributed by atoms with Crippen LogP contribution in [0.5, 0.6) is 57.5 Å². The van der Waals surface area contributed by atoms with Gasteiger partial charge in [-0.05, 0) is 146 Å². The molecule has 0 saturated carbocycles. The second-order valence-electron chi connectivity index (χ2n) is 33.9. The summed E-state index contributed by atoms with van der Waals surface area (Å²) in [5, 5.41) is -0.267. The van der Waals surface area contributed by atoms with E-state index in [-0.39, 0.29) is 164 Å². The van der Waals surface area contributed by atoms with Crippen molar-refractivity contribution in [1.29, 1.82) is 0 Å². The van der Waals surface area contributed by atoms with Crippen LogP contribution in [0, 0.1) is 0 Å². The van der Waals surface area contributed by atoms with Gasteiger partial charge in [0.25, 0.3) is 0 Å². The molecule has 0 spiro atoms. The number of hydrogen-bond acceptors (Lipinski definition) is 20. The number of aromatic nitrogens is 5. The summed E-state index contributed by atoms with van der Waals surface area (Å²) >= 11 is 0. The molecule has 10 aromatic carbocycles. The number of nitrogens with one attached hydrogen (secondary N) is 5. The van der Waals surface area contributed by atoms with Gasteiger partial charge in [-0.25, -0.2) is 0 Å². The topological polar surface area (TPSA) is 374 Å². The predicted octanol–water partition coefficient (Wildman–Crippen LogP) is 11.1. The Kier molecular flexibility index (Phi) is 12.0. The number of nitrogens with zero attached hydrogens (tertiary/aromatic N) is 10. The molecule has 145 heavy (non-hydrogen) atoms. The Labute approximate surface area is 892 Å². The van der Waals surface area contributed by atoms with Crippen molar-refractivity contribution in [3.63, 3.8) is 0 Å². The number of H-pyrrole nitrogens is 5. The van der Waals surface area contributed by atoms with E-state index in [1.165, 1.54) is 54.6 Å². The van der Waals surface area contributed by atoms with Crippen LogP contribution in [-0.2, 0) is 79.8 Å². The number of rotatable bonds is 5. The first-order valence-corrected chi connectivity index (χ1v) is 43.9. The highest BCUT2D eigenvalue weighted by molar-refractivity contribution is 6.03. The number of piperazine rings is 5. The Bertz CT molecular complexity index is 10900. The van der Waals surface area contributed by atoms with Gasteiger partial charge in [-0.2, -0.15) is 0 Å². The maximum Gasteiger partial charge on any atom is 0.245 e. The van der Waals surface area contributed by atoms with Crippen molar-refractivity contribution in [2.24, 2.45) is 0 Å². The first-order valence-electron chi connectivity index (χ1n) is 67.4. The zero-order chi connectivity index (χ0) is 140. The highest BCUT2D eigenvalue weighted by atomic mass is 16.7. The lowest BCUT2D eigenvalue weighted by atomic mass is 9.86. The summed E-state index contributed by atoms with van der Waals surface area (Å²) in [6.45, 7) is -20.5. The highest BCUT2D eigenvalue weighted by Crippen LogP contribution is 2.53. The monoisotopic (exact) mass is 1990 g/mol. The van der Waals surface area contributed by atoms with Crippen molar-refractivity contribution >= 4 is 114 Å². The van der Waals surface area contributed by atoms with Gasteiger partial charge in [0.15, 0.2) is 57.5 Å². The van der Waals surface area contributed by atoms with Crippen molar-refractivity contribution in [3.8, 4) is 57.5 Å². The van der Waals surface area contributed by atoms with Gasteiger partial charge in [0.1, 0.15) is 35.6 Å². The van der Waals surface area contributed by atoms with Crippen molar-refractivity contribution in [1.82, 2.24) is 73.9 Å². The summed E-state index contributed by atoms with van der Waals surface area (Å²) in [5.74, 6) is -14.0. The van der Waals surface area contributed by atoms with Gasteiger partial charge >= 0.3 is 0 Å². The van der Waals surface area contributed by atoms with Gasteiger partial charge in [-0.15, -0.1) is 0 Å². The van der Waals surface area contributed by atoms with Crippen molar-refractivity contribution in [2.75, 3.05) is 102 Å². The minimum atomic E-state index is -3.29. The standard InChI is InChI=1S/5C22H19N3O4/c5*1-24-10-19(26)25-16(22(24)27)9-14-13-4-2-3-5-15(13)23-20(14)21(25)12-6-7-17-18(8-12)29-11-28-17/h5*2-8,16,21,23H,9-11H2,1H3/t5*16-,21?/m11111/s1/i2D,3D,4D,5D,6D,7D,8D,9D2,10D2,16D;2D,3D,4D,5D,9D2,10D2,11D2,16D;2D,3D,4D,5D,9D2,10D2,16D;6D,7D,8D,9D2,10D2,16D;9D2,10D2,11D2,16D. The molecule has 5 saturated heterocycles. The Morgan fingerprint density at radius 1 is 0.269 bits per heavy atom. The van der Waals surface area contributed by atoms with Crippen molar-refractivity contribution < 1.29 is 160 Å². The highest BCUT2D eigenvalue weighted by Gasteiger charge is 2.55. The Morgan fingerprint density at radius 3 is 0.855 bits per heavy atom. The molecule has 10 amide bonds. The summed E-state index contributed by atoms with van der Waals surface area (Å²) in [6.07, 6.45) is -15.0. The number of amides is 10. The Hall–Kier alpha value is -17.4. The number of benzene rings is 10. The average molecular weight is 1990 g/mol. The van der Waals surface area contributed by atoms with E-state index >= 15 is 0 Å². The summed E-state index contributed by atoms with van der Waals surface area (Å²) in [7, 11) is 4.79. The first-order chi connectivity index (χ1) is 89.0. The van der Waals surface area contributed by atoms with Crippen LogP contribution in [-0.4, -0.2) is 265 Å². The van der Waals surface area contributed by atoms with Crippen LogP contribution in [0.2, 0.25) is 0 Å². The lowest BCUT2D eigenvalue weighted by Crippen LogP contribution is -2.62. The molecule has 5 aromatic heterocycles. The maximum atomic E-state index is 13.8. The Balaban J connectivity index is 0.000000114. The van der Waals surface area contributed by atoms with Gasteiger partial charge in [0, 0.05) is 164 Å². The molecule has 15 aliphatic heterocycles. The van der Waals surface area contributed by atoms with Gasteiger partial charge < -0.3 is 121 Å². The molecule has 0 bridgehead atoms. The molecule has 5 unspecified atom stereocenters. The molecule has 15 aromatic rings. The number of carbonyl (C=O) groups excluding carboxylic acids is 10. The molecule has 35 heteroatoms. The second kappa shape index (κ2) is 33.9. The quantitative estimate of drug-likeness (QED) is 0.107. The maximum absolute atomic E-state index is 13.8. The molecule has 35 nitrogen and oxygen atoms in total. The van der Waals surface area contributed by atoms with Gasteiger partial charge in [-0.3, -0.25) is 47.9 Å². The molecule has 730 valence electrons. The van der Waals surface area contributed by atoms with E-state index in [9.17, 15) is 54.8 Å². The normalized spacial score (nSPS) is 34.2. The van der Waals surface area contributed by atoms with Gasteiger partial charge in [0.05, 0.1) is 108 Å². The molecule has 5 fully saturated rings. The fourth-order valence-corrected chi connectivity index (χ4v) is 19.2. The van der Waals surface area contributed by atoms with Crippen LogP contribution >= 0.6 is 0 Å². The van der Waals surface area contributed by atoms with Crippen LogP contribution < -0.4 is 47.4 Å². The summed E-state index contributed by atoms with van der Waals surface area (Å²) in [5.41, 5.74) is -2.33. The zero-order valence-electron chi connectivity index (χ0n) is 122. The third-order valence-corrected chi connectivity index (χ3v) is 25.7. The van der Waals surface area contributed by atoms with E-state index in [1.54, 1.807) is 48.5 Å². The number of ether oxygens (including phenoxy) is 10. The van der Waals surface area contributed by atoms with Crippen molar-refractivity contribution in [2.45, 2.75) is 92.2 Å². The molecule has 5 N–H and O–H groups in total. The number of hydrogen-bond donors (Lipinski definition) is 5. The molecular formula is C110H95N15O20. The van der Waals surface area contributed by atoms with E-state index in [0.29, 0.717) is 66.8 Å². The molecule has 20 heterocycles. The predicted molar refractivity (Wildman–Crippen MR) is 523 cm³/mol. The molecule has 15 aliphatic rings. The van der Waals surface area contributed by atoms with Crippen molar-refractivity contribution in [3.05, 3.63) is 296 Å². The van der Waals surface area contributed by atoms with Crippen LogP contribution in [0.25, 0.3) is 54.5 Å². The summed E-state index contributed by atoms with van der Waals surface area (Å²) in [6, 6.07) is -8.39. The third-order valence-electron chi connectivity index (χ3n) is 25.7. The lowest BCUT2D eigenvalue weighted by molar-refractivity contribution is -0.157. The Morgan fingerprint density at radius 2 is 0.524 bits per heavy atom. The molecule has 30 rings (SSSR count). The van der Waals surface area contributed by atoms with Gasteiger partial charge in [-0.1, -0.05) is 121 Å². The van der Waals surface area contributed by atoms with Crippen LogP contribution in [0.3, 0.4) is 0 Å². The lowest BCUT2D eigenvalue weighted by Gasteiger charge is -2.46. The molecule has 0 aliphatic carbocycles. The van der Waals surface area contributed by atoms with Gasteiger partial charge in [0.2, 0.25) is 92.9 Å². The zero-order valence-corrected chi connectivity index (χ0v) is 75.0. The molecular weight excluding hydrogens is 1850 g/mol. The van der Waals surface area contributed by atoms with E-state index in [4.69, 9.17) is 105 Å². The summed E-state index contributed by atoms with van der Waals surface area (Å²) < 4.78 is 454. The third kappa shape index (κ3) is 14.2. The minimum Gasteiger partial charge on any atom is -0.454 e. The molecule has 10 atom stereocenters. The van der Waals surface area contributed by atoms with Crippen LogP contribution in [0.4, 0.5) is 0 Å². The summed E-state index contributed by atoms with van der Waals surface area (Å²) in [4.78, 5) is 155. The number of carbonyl (C=O) groups is 10. The largest absolute Gasteiger partial charge is 0.454 e. The minimum absolute atomic E-state index is 0.00948. The molecule has 0 radical (unpaired) electrons. The van der Waals surface area contributed by atoms with Crippen LogP contribution in [0.1, 0.15) is 179 Å². The fraction of sp³-hybridized carbons (Fsp3) is 0.273. The first kappa shape index (κ1) is 51.3. The van der Waals surface area contributed by atoms with E-state index < -0.39 is 341 Å². The van der Waals surface area contributed by atoms with E-state index in [1.807, 2.05) is 0 Å². The number of fused-ring (bicyclic) bond motifs is 25. The second-order valence-corrected chi connectivity index (χ2v) is 33.9. The number of para-hydroxylation sites is 5.